The molecule has 1 unspecified atom stereocenters. The average Bonchev–Trinajstić information content (AvgIpc) is 2.75. The van der Waals surface area contributed by atoms with Gasteiger partial charge in [-0.2, -0.15) is 10.5 Å². The van der Waals surface area contributed by atoms with Crippen molar-refractivity contribution in [1.29, 1.82) is 10.5 Å². The number of rotatable bonds is 8. The zero-order valence-electron chi connectivity index (χ0n) is 18.3. The van der Waals surface area contributed by atoms with Crippen LogP contribution in [0.25, 0.3) is 11.1 Å². The van der Waals surface area contributed by atoms with Crippen LogP contribution in [0.5, 0.6) is 0 Å². The third-order valence-corrected chi connectivity index (χ3v) is 5.59. The smallest absolute Gasteiger partial charge is 0.255 e. The largest absolute Gasteiger partial charge is 0.366 e. The van der Waals surface area contributed by atoms with Crippen molar-refractivity contribution < 1.29 is 9.53 Å². The van der Waals surface area contributed by atoms with Crippen molar-refractivity contribution in [2.24, 2.45) is 5.92 Å². The van der Waals surface area contributed by atoms with Gasteiger partial charge in [0.15, 0.2) is 5.60 Å². The molecule has 2 aromatic carbocycles. The summed E-state index contributed by atoms with van der Waals surface area (Å²) in [5.74, 6) is 0.299. The van der Waals surface area contributed by atoms with Crippen molar-refractivity contribution in [2.45, 2.75) is 31.9 Å². The minimum atomic E-state index is -0.872. The fraction of sp³-hybridized carbons (Fsp3) is 0.400. The molecule has 2 aromatic rings. The highest BCUT2D eigenvalue weighted by Crippen LogP contribution is 2.26. The van der Waals surface area contributed by atoms with Crippen LogP contribution in [-0.2, 0) is 16.0 Å². The summed E-state index contributed by atoms with van der Waals surface area (Å²) in [4.78, 5) is 15.0. The Bertz CT molecular complexity index is 978. The van der Waals surface area contributed by atoms with Gasteiger partial charge in [0.1, 0.15) is 6.04 Å². The highest BCUT2D eigenvalue weighted by atomic mass is 16.5. The van der Waals surface area contributed by atoms with E-state index in [1.165, 1.54) is 0 Å². The number of amides is 1. The number of nitrogens with zero attached hydrogens (tertiary/aromatic N) is 3. The number of carbonyl (C=O) groups excluding carboxylic acids is 1. The molecule has 1 heterocycles. The third kappa shape index (κ3) is 5.30. The Labute approximate surface area is 184 Å². The van der Waals surface area contributed by atoms with E-state index in [1.54, 1.807) is 19.2 Å². The van der Waals surface area contributed by atoms with Crippen LogP contribution in [-0.4, -0.2) is 49.2 Å². The fourth-order valence-corrected chi connectivity index (χ4v) is 3.91. The highest BCUT2D eigenvalue weighted by molar-refractivity contribution is 5.87. The number of likely N-dealkylation sites (tertiary alicyclic amines) is 1. The number of benzene rings is 2. The molecule has 160 valence electrons. The first-order valence-corrected chi connectivity index (χ1v) is 10.5. The Hall–Kier alpha value is -3.19. The molecule has 1 fully saturated rings. The molecule has 6 nitrogen and oxygen atoms in total. The van der Waals surface area contributed by atoms with Gasteiger partial charge in [-0.05, 0) is 34.7 Å². The number of nitriles is 2. The van der Waals surface area contributed by atoms with Gasteiger partial charge < -0.3 is 10.1 Å². The maximum atomic E-state index is 12.8. The molecule has 0 saturated carbocycles. The minimum Gasteiger partial charge on any atom is -0.366 e. The zero-order chi connectivity index (χ0) is 22.4. The fourth-order valence-electron chi connectivity index (χ4n) is 3.91. The lowest BCUT2D eigenvalue weighted by Crippen LogP contribution is -2.70. The molecule has 0 bridgehead atoms. The highest BCUT2D eigenvalue weighted by Gasteiger charge is 2.50. The zero-order valence-corrected chi connectivity index (χ0v) is 18.3. The summed E-state index contributed by atoms with van der Waals surface area (Å²) in [6.07, 6.45) is 0.422. The lowest BCUT2D eigenvalue weighted by molar-refractivity contribution is -0.168. The SMILES string of the molecule is COC1(C(=O)NC(C#N)Cc2ccc(-c3ccc(C#N)cc3)cc2)CN(CC(C)C)C1. The summed E-state index contributed by atoms with van der Waals surface area (Å²) >= 11 is 0. The van der Waals surface area contributed by atoms with Crippen LogP contribution < -0.4 is 5.32 Å². The van der Waals surface area contributed by atoms with Gasteiger partial charge in [0.2, 0.25) is 0 Å². The molecule has 1 amide bonds. The van der Waals surface area contributed by atoms with E-state index in [4.69, 9.17) is 10.00 Å². The summed E-state index contributed by atoms with van der Waals surface area (Å²) < 4.78 is 5.54. The van der Waals surface area contributed by atoms with E-state index in [1.807, 2.05) is 36.4 Å². The Morgan fingerprint density at radius 3 is 2.16 bits per heavy atom. The molecule has 1 aliphatic rings. The maximum absolute atomic E-state index is 12.8. The Kier molecular flexibility index (Phi) is 7.07. The molecular weight excluding hydrogens is 388 g/mol. The number of ether oxygens (including phenoxy) is 1. The predicted molar refractivity (Wildman–Crippen MR) is 119 cm³/mol. The number of hydrogen-bond donors (Lipinski definition) is 1. The van der Waals surface area contributed by atoms with Crippen LogP contribution in [0.15, 0.2) is 48.5 Å². The van der Waals surface area contributed by atoms with Crippen molar-refractivity contribution in [1.82, 2.24) is 10.2 Å². The molecule has 1 saturated heterocycles. The van der Waals surface area contributed by atoms with Crippen molar-refractivity contribution in [3.05, 3.63) is 59.7 Å². The lowest BCUT2D eigenvalue weighted by Gasteiger charge is -2.48. The molecule has 3 rings (SSSR count). The first kappa shape index (κ1) is 22.5. The summed E-state index contributed by atoms with van der Waals surface area (Å²) in [5, 5.41) is 21.4. The molecule has 1 atom stereocenters. The Balaban J connectivity index is 1.60. The predicted octanol–water partition coefficient (Wildman–Crippen LogP) is 3.13. The number of carbonyl (C=O) groups is 1. The van der Waals surface area contributed by atoms with E-state index in [-0.39, 0.29) is 5.91 Å². The van der Waals surface area contributed by atoms with Gasteiger partial charge >= 0.3 is 0 Å². The quantitative estimate of drug-likeness (QED) is 0.714. The monoisotopic (exact) mass is 416 g/mol. The van der Waals surface area contributed by atoms with Crippen molar-refractivity contribution >= 4 is 5.91 Å². The molecule has 0 spiro atoms. The van der Waals surface area contributed by atoms with Gasteiger partial charge in [0, 0.05) is 33.2 Å². The van der Waals surface area contributed by atoms with Crippen LogP contribution in [0.1, 0.15) is 25.0 Å². The van der Waals surface area contributed by atoms with Crippen LogP contribution in [0.3, 0.4) is 0 Å². The number of methoxy groups -OCH3 is 1. The van der Waals surface area contributed by atoms with Gasteiger partial charge in [-0.15, -0.1) is 0 Å². The molecular formula is C25H28N4O2. The second-order valence-corrected chi connectivity index (χ2v) is 8.51. The Morgan fingerprint density at radius 1 is 1.10 bits per heavy atom. The van der Waals surface area contributed by atoms with E-state index in [0.717, 1.165) is 23.2 Å². The van der Waals surface area contributed by atoms with E-state index in [0.29, 0.717) is 31.0 Å². The van der Waals surface area contributed by atoms with Crippen molar-refractivity contribution in [2.75, 3.05) is 26.7 Å². The standard InChI is InChI=1S/C25H28N4O2/c1-18(2)15-29-16-25(17-29,31-3)24(30)28-23(14-27)12-19-4-8-21(9-5-19)22-10-6-20(13-26)7-11-22/h4-11,18,23H,12,15-17H2,1-3H3,(H,28,30). The first-order chi connectivity index (χ1) is 14.9. The topological polar surface area (TPSA) is 89.1 Å². The third-order valence-electron chi connectivity index (χ3n) is 5.59. The van der Waals surface area contributed by atoms with E-state index < -0.39 is 11.6 Å². The van der Waals surface area contributed by atoms with Gasteiger partial charge in [0.25, 0.3) is 5.91 Å². The molecule has 0 radical (unpaired) electrons. The molecule has 1 N–H and O–H groups in total. The molecule has 0 aromatic heterocycles. The molecule has 1 aliphatic heterocycles. The normalized spacial score (nSPS) is 16.1. The van der Waals surface area contributed by atoms with Crippen LogP contribution in [0.2, 0.25) is 0 Å². The van der Waals surface area contributed by atoms with Gasteiger partial charge in [-0.25, -0.2) is 0 Å². The second-order valence-electron chi connectivity index (χ2n) is 8.51. The Morgan fingerprint density at radius 2 is 1.68 bits per heavy atom. The molecule has 6 heteroatoms. The van der Waals surface area contributed by atoms with Crippen LogP contribution in [0.4, 0.5) is 0 Å². The van der Waals surface area contributed by atoms with E-state index in [9.17, 15) is 10.1 Å². The summed E-state index contributed by atoms with van der Waals surface area (Å²) in [6.45, 7) is 6.30. The number of hydrogen-bond acceptors (Lipinski definition) is 5. The van der Waals surface area contributed by atoms with Crippen molar-refractivity contribution in [3.63, 3.8) is 0 Å². The van der Waals surface area contributed by atoms with Crippen LogP contribution in [0, 0.1) is 28.6 Å². The molecule has 31 heavy (non-hydrogen) atoms. The van der Waals surface area contributed by atoms with Crippen LogP contribution >= 0.6 is 0 Å². The van der Waals surface area contributed by atoms with E-state index in [2.05, 4.69) is 36.2 Å². The average molecular weight is 417 g/mol. The second kappa shape index (κ2) is 9.75. The van der Waals surface area contributed by atoms with Gasteiger partial charge in [-0.3, -0.25) is 9.69 Å². The minimum absolute atomic E-state index is 0.226. The van der Waals surface area contributed by atoms with Crippen molar-refractivity contribution in [3.8, 4) is 23.3 Å². The maximum Gasteiger partial charge on any atom is 0.255 e. The van der Waals surface area contributed by atoms with Gasteiger partial charge in [0.05, 0.1) is 17.7 Å². The van der Waals surface area contributed by atoms with Gasteiger partial charge in [-0.1, -0.05) is 50.2 Å². The van der Waals surface area contributed by atoms with E-state index >= 15 is 0 Å². The summed E-state index contributed by atoms with van der Waals surface area (Å²) in [6, 6.07) is 19.0. The summed E-state index contributed by atoms with van der Waals surface area (Å²) in [7, 11) is 1.55. The lowest BCUT2D eigenvalue weighted by atomic mass is 9.91. The molecule has 0 aliphatic carbocycles. The number of nitrogens with one attached hydrogen (secondary N) is 1. The summed E-state index contributed by atoms with van der Waals surface area (Å²) in [5.41, 5.74) is 2.77. The first-order valence-electron chi connectivity index (χ1n) is 10.5.